The molecule has 0 aromatic heterocycles. The predicted octanol–water partition coefficient (Wildman–Crippen LogP) is 3.18. The van der Waals surface area contributed by atoms with Gasteiger partial charge in [0.2, 0.25) is 0 Å². The van der Waals surface area contributed by atoms with Gasteiger partial charge in [0.05, 0.1) is 0 Å². The Morgan fingerprint density at radius 3 is 3.00 bits per heavy atom. The van der Waals surface area contributed by atoms with Crippen LogP contribution >= 0.6 is 11.6 Å². The lowest BCUT2D eigenvalue weighted by atomic mass is 10.0. The zero-order valence-electron chi connectivity index (χ0n) is 7.32. The van der Waals surface area contributed by atoms with Crippen molar-refractivity contribution in [1.29, 1.82) is 0 Å². The van der Waals surface area contributed by atoms with Gasteiger partial charge in [0.25, 0.3) is 0 Å². The molecule has 1 heterocycles. The summed E-state index contributed by atoms with van der Waals surface area (Å²) in [5.74, 6) is 0.595. The Bertz CT molecular complexity index is 320. The van der Waals surface area contributed by atoms with Crippen molar-refractivity contribution in [3.05, 3.63) is 28.3 Å². The van der Waals surface area contributed by atoms with Crippen LogP contribution in [0.5, 0.6) is 0 Å². The number of hydrogen-bond donors (Lipinski definition) is 1. The maximum absolute atomic E-state index is 5.97. The van der Waals surface area contributed by atoms with Gasteiger partial charge >= 0.3 is 0 Å². The molecule has 1 aliphatic heterocycles. The summed E-state index contributed by atoms with van der Waals surface area (Å²) in [6.07, 6.45) is 0. The Hall–Kier alpha value is -0.690. The van der Waals surface area contributed by atoms with Crippen LogP contribution in [0.1, 0.15) is 24.0 Å². The third-order valence-corrected chi connectivity index (χ3v) is 2.66. The van der Waals surface area contributed by atoms with Crippen LogP contribution in [0.4, 0.5) is 5.69 Å². The number of hydrogen-bond acceptors (Lipinski definition) is 1. The number of aryl methyl sites for hydroxylation is 1. The average Bonchev–Trinajstić information content (AvgIpc) is 2.33. The van der Waals surface area contributed by atoms with Crippen molar-refractivity contribution in [2.75, 3.05) is 11.9 Å². The van der Waals surface area contributed by atoms with Crippen molar-refractivity contribution in [2.24, 2.45) is 0 Å². The first kappa shape index (κ1) is 7.93. The molecule has 0 spiro atoms. The third-order valence-electron chi connectivity index (χ3n) is 2.45. The van der Waals surface area contributed by atoms with Gasteiger partial charge in [-0.1, -0.05) is 18.5 Å². The number of halogens is 1. The number of nitrogens with one attached hydrogen (secondary N) is 1. The molecule has 12 heavy (non-hydrogen) atoms. The van der Waals surface area contributed by atoms with Gasteiger partial charge in [0.15, 0.2) is 0 Å². The molecule has 0 bridgehead atoms. The summed E-state index contributed by atoms with van der Waals surface area (Å²) in [6.45, 7) is 5.35. The lowest BCUT2D eigenvalue weighted by Crippen LogP contribution is -1.96. The van der Waals surface area contributed by atoms with Gasteiger partial charge in [-0.15, -0.1) is 0 Å². The maximum atomic E-state index is 5.97. The molecule has 1 N–H and O–H groups in total. The molecule has 0 saturated carbocycles. The van der Waals surface area contributed by atoms with E-state index in [4.69, 9.17) is 11.6 Å². The third kappa shape index (κ3) is 1.09. The highest BCUT2D eigenvalue weighted by molar-refractivity contribution is 6.30. The minimum Gasteiger partial charge on any atom is -0.384 e. The highest BCUT2D eigenvalue weighted by atomic mass is 35.5. The van der Waals surface area contributed by atoms with Crippen LogP contribution in [-0.4, -0.2) is 6.54 Å². The van der Waals surface area contributed by atoms with E-state index in [9.17, 15) is 0 Å². The highest BCUT2D eigenvalue weighted by Gasteiger charge is 2.19. The standard InChI is InChI=1S/C10H12ClN/c1-6-3-8(11)4-9-7(2)5-12-10(6)9/h3-4,7,12H,5H2,1-2H3. The Morgan fingerprint density at radius 1 is 1.50 bits per heavy atom. The van der Waals surface area contributed by atoms with Crippen molar-refractivity contribution in [2.45, 2.75) is 19.8 Å². The molecular formula is C10H12ClN. The van der Waals surface area contributed by atoms with E-state index in [2.05, 4.69) is 25.2 Å². The minimum atomic E-state index is 0.595. The number of fused-ring (bicyclic) bond motifs is 1. The number of anilines is 1. The summed E-state index contributed by atoms with van der Waals surface area (Å²) in [5, 5.41) is 4.24. The summed E-state index contributed by atoms with van der Waals surface area (Å²) in [6, 6.07) is 4.07. The van der Waals surface area contributed by atoms with E-state index in [0.717, 1.165) is 11.6 Å². The SMILES string of the molecule is Cc1cc(Cl)cc2c1NCC2C. The van der Waals surface area contributed by atoms with Crippen LogP contribution in [-0.2, 0) is 0 Å². The summed E-state index contributed by atoms with van der Waals surface area (Å²) < 4.78 is 0. The van der Waals surface area contributed by atoms with Gasteiger partial charge in [0, 0.05) is 23.2 Å². The zero-order valence-corrected chi connectivity index (χ0v) is 8.07. The van der Waals surface area contributed by atoms with Gasteiger partial charge in [0.1, 0.15) is 0 Å². The summed E-state index contributed by atoms with van der Waals surface area (Å²) in [4.78, 5) is 0. The van der Waals surface area contributed by atoms with E-state index >= 15 is 0 Å². The van der Waals surface area contributed by atoms with Crippen molar-refractivity contribution >= 4 is 17.3 Å². The van der Waals surface area contributed by atoms with Crippen LogP contribution in [0.3, 0.4) is 0 Å². The first-order valence-electron chi connectivity index (χ1n) is 4.22. The topological polar surface area (TPSA) is 12.0 Å². The largest absolute Gasteiger partial charge is 0.384 e. The monoisotopic (exact) mass is 181 g/mol. The van der Waals surface area contributed by atoms with Crippen molar-refractivity contribution < 1.29 is 0 Å². The first-order valence-corrected chi connectivity index (χ1v) is 4.60. The van der Waals surface area contributed by atoms with Crippen LogP contribution in [0, 0.1) is 6.92 Å². The Kier molecular flexibility index (Phi) is 1.76. The normalized spacial score (nSPS) is 20.4. The van der Waals surface area contributed by atoms with Crippen molar-refractivity contribution in [3.63, 3.8) is 0 Å². The molecule has 0 fully saturated rings. The molecule has 0 radical (unpaired) electrons. The predicted molar refractivity (Wildman–Crippen MR) is 53.1 cm³/mol. The Balaban J connectivity index is 2.60. The number of benzene rings is 1. The minimum absolute atomic E-state index is 0.595. The average molecular weight is 182 g/mol. The van der Waals surface area contributed by atoms with E-state index in [1.807, 2.05) is 6.07 Å². The summed E-state index contributed by atoms with van der Waals surface area (Å²) in [7, 11) is 0. The molecule has 0 amide bonds. The summed E-state index contributed by atoms with van der Waals surface area (Å²) >= 11 is 5.97. The van der Waals surface area contributed by atoms with Crippen LogP contribution in [0.2, 0.25) is 5.02 Å². The number of rotatable bonds is 0. The first-order chi connectivity index (χ1) is 5.68. The van der Waals surface area contributed by atoms with Gasteiger partial charge < -0.3 is 5.32 Å². The molecule has 1 aliphatic rings. The van der Waals surface area contributed by atoms with Gasteiger partial charge in [-0.2, -0.15) is 0 Å². The molecule has 0 aliphatic carbocycles. The van der Waals surface area contributed by atoms with Crippen LogP contribution in [0.15, 0.2) is 12.1 Å². The van der Waals surface area contributed by atoms with E-state index in [0.29, 0.717) is 5.92 Å². The van der Waals surface area contributed by atoms with E-state index in [1.165, 1.54) is 16.8 Å². The smallest absolute Gasteiger partial charge is 0.0413 e. The molecule has 2 heteroatoms. The quantitative estimate of drug-likeness (QED) is 0.649. The molecule has 0 saturated heterocycles. The second-order valence-electron chi connectivity index (χ2n) is 3.47. The molecule has 64 valence electrons. The molecule has 2 rings (SSSR count). The fourth-order valence-electron chi connectivity index (χ4n) is 1.76. The fourth-order valence-corrected chi connectivity index (χ4v) is 2.05. The fraction of sp³-hybridized carbons (Fsp3) is 0.400. The van der Waals surface area contributed by atoms with Crippen molar-refractivity contribution in [3.8, 4) is 0 Å². The van der Waals surface area contributed by atoms with Gasteiger partial charge in [-0.3, -0.25) is 0 Å². The highest BCUT2D eigenvalue weighted by Crippen LogP contribution is 2.35. The molecular weight excluding hydrogens is 170 g/mol. The molecule has 1 aromatic carbocycles. The molecule has 1 nitrogen and oxygen atoms in total. The molecule has 1 aromatic rings. The van der Waals surface area contributed by atoms with Gasteiger partial charge in [-0.25, -0.2) is 0 Å². The maximum Gasteiger partial charge on any atom is 0.0413 e. The second kappa shape index (κ2) is 2.67. The van der Waals surface area contributed by atoms with Crippen LogP contribution in [0.25, 0.3) is 0 Å². The molecule has 1 atom stereocenters. The van der Waals surface area contributed by atoms with Crippen molar-refractivity contribution in [1.82, 2.24) is 0 Å². The second-order valence-corrected chi connectivity index (χ2v) is 3.91. The lowest BCUT2D eigenvalue weighted by Gasteiger charge is -2.05. The summed E-state index contributed by atoms with van der Waals surface area (Å²) in [5.41, 5.74) is 3.90. The van der Waals surface area contributed by atoms with Gasteiger partial charge in [-0.05, 0) is 30.2 Å². The zero-order chi connectivity index (χ0) is 8.72. The van der Waals surface area contributed by atoms with E-state index < -0.39 is 0 Å². The lowest BCUT2D eigenvalue weighted by molar-refractivity contribution is 0.854. The molecule has 1 unspecified atom stereocenters. The Morgan fingerprint density at radius 2 is 2.25 bits per heavy atom. The van der Waals surface area contributed by atoms with E-state index in [-0.39, 0.29) is 0 Å². The van der Waals surface area contributed by atoms with Crippen LogP contribution < -0.4 is 5.32 Å². The Labute approximate surface area is 77.7 Å². The van der Waals surface area contributed by atoms with E-state index in [1.54, 1.807) is 0 Å².